The summed E-state index contributed by atoms with van der Waals surface area (Å²) in [7, 11) is 3.00. The molecule has 0 bridgehead atoms. The summed E-state index contributed by atoms with van der Waals surface area (Å²) in [6.45, 7) is 1.38. The fourth-order valence-corrected chi connectivity index (χ4v) is 3.44. The molecule has 182 valence electrons. The van der Waals surface area contributed by atoms with Crippen molar-refractivity contribution >= 4 is 29.1 Å². The topological polar surface area (TPSA) is 106 Å². The third-order valence-corrected chi connectivity index (χ3v) is 5.10. The average Bonchev–Trinajstić information content (AvgIpc) is 2.83. The molecule has 1 atom stereocenters. The molecule has 0 aliphatic rings. The molecule has 1 unspecified atom stereocenters. The molecule has 0 aliphatic heterocycles. The van der Waals surface area contributed by atoms with E-state index in [0.29, 0.717) is 22.9 Å². The van der Waals surface area contributed by atoms with E-state index in [1.165, 1.54) is 38.3 Å². The van der Waals surface area contributed by atoms with Crippen LogP contribution in [0.2, 0.25) is 0 Å². The van der Waals surface area contributed by atoms with Crippen molar-refractivity contribution in [1.82, 2.24) is 5.32 Å². The van der Waals surface area contributed by atoms with Crippen LogP contribution in [0.15, 0.2) is 66.7 Å². The summed E-state index contributed by atoms with van der Waals surface area (Å²) < 4.78 is 23.9. The lowest BCUT2D eigenvalue weighted by Gasteiger charge is -2.19. The van der Waals surface area contributed by atoms with Crippen LogP contribution in [0.4, 0.5) is 15.8 Å². The summed E-state index contributed by atoms with van der Waals surface area (Å²) >= 11 is 0. The quantitative estimate of drug-likeness (QED) is 0.424. The van der Waals surface area contributed by atoms with Gasteiger partial charge < -0.3 is 25.4 Å². The normalized spacial score (nSPS) is 11.2. The van der Waals surface area contributed by atoms with Crippen molar-refractivity contribution in [2.75, 3.05) is 24.9 Å². The fourth-order valence-electron chi connectivity index (χ4n) is 3.44. The van der Waals surface area contributed by atoms with Crippen LogP contribution in [0.25, 0.3) is 0 Å². The maximum Gasteiger partial charge on any atom is 0.255 e. The molecular weight excluding hydrogens is 453 g/mol. The van der Waals surface area contributed by atoms with Crippen LogP contribution in [0, 0.1) is 5.82 Å². The number of ether oxygens (including phenoxy) is 2. The minimum Gasteiger partial charge on any atom is -0.497 e. The van der Waals surface area contributed by atoms with E-state index in [1.807, 2.05) is 0 Å². The van der Waals surface area contributed by atoms with Crippen LogP contribution in [-0.4, -0.2) is 31.9 Å². The molecule has 0 heterocycles. The second-order valence-corrected chi connectivity index (χ2v) is 7.66. The zero-order valence-electron chi connectivity index (χ0n) is 19.6. The third-order valence-electron chi connectivity index (χ3n) is 5.10. The Labute approximate surface area is 202 Å². The van der Waals surface area contributed by atoms with Gasteiger partial charge in [-0.3, -0.25) is 14.4 Å². The summed E-state index contributed by atoms with van der Waals surface area (Å²) in [6.07, 6.45) is -0.0249. The molecule has 0 saturated heterocycles. The number of amides is 3. The summed E-state index contributed by atoms with van der Waals surface area (Å²) in [5, 5.41) is 8.22. The van der Waals surface area contributed by atoms with Crippen LogP contribution in [-0.2, 0) is 9.59 Å². The Hall–Kier alpha value is -4.40. The zero-order valence-corrected chi connectivity index (χ0v) is 19.6. The minimum atomic E-state index is -0.552. The van der Waals surface area contributed by atoms with Crippen LogP contribution < -0.4 is 25.4 Å². The van der Waals surface area contributed by atoms with Gasteiger partial charge in [-0.25, -0.2) is 4.39 Å². The minimum absolute atomic E-state index is 0.0249. The Morgan fingerprint density at radius 3 is 2.29 bits per heavy atom. The number of benzene rings is 3. The third kappa shape index (κ3) is 7.04. The van der Waals surface area contributed by atoms with Crippen molar-refractivity contribution in [3.05, 3.63) is 83.7 Å². The van der Waals surface area contributed by atoms with Crippen molar-refractivity contribution < 1.29 is 28.2 Å². The second-order valence-electron chi connectivity index (χ2n) is 7.66. The average molecular weight is 480 g/mol. The van der Waals surface area contributed by atoms with Crippen molar-refractivity contribution in [3.8, 4) is 11.5 Å². The van der Waals surface area contributed by atoms with Crippen LogP contribution in [0.3, 0.4) is 0 Å². The van der Waals surface area contributed by atoms with Gasteiger partial charge in [0.25, 0.3) is 5.91 Å². The Kier molecular flexibility index (Phi) is 8.39. The van der Waals surface area contributed by atoms with Gasteiger partial charge in [0.05, 0.1) is 32.4 Å². The first-order valence-corrected chi connectivity index (χ1v) is 10.7. The molecule has 35 heavy (non-hydrogen) atoms. The number of methoxy groups -OCH3 is 2. The SMILES string of the molecule is COc1ccc(C(CC(=O)Nc2ccc(OC)c(NC(=O)c3cccc(F)c3)c2)NC(C)=O)cc1. The molecule has 0 aliphatic carbocycles. The summed E-state index contributed by atoms with van der Waals surface area (Å²) in [4.78, 5) is 37.1. The summed E-state index contributed by atoms with van der Waals surface area (Å²) in [5.41, 5.74) is 1.59. The molecule has 3 rings (SSSR count). The van der Waals surface area contributed by atoms with E-state index in [2.05, 4.69) is 16.0 Å². The van der Waals surface area contributed by atoms with Gasteiger partial charge in [-0.05, 0) is 54.1 Å². The maximum absolute atomic E-state index is 13.5. The smallest absolute Gasteiger partial charge is 0.255 e. The van der Waals surface area contributed by atoms with E-state index in [0.717, 1.165) is 11.6 Å². The molecule has 3 aromatic carbocycles. The van der Waals surface area contributed by atoms with Gasteiger partial charge in [0.2, 0.25) is 11.8 Å². The lowest BCUT2D eigenvalue weighted by molar-refractivity contribution is -0.120. The highest BCUT2D eigenvalue weighted by Crippen LogP contribution is 2.29. The van der Waals surface area contributed by atoms with Crippen LogP contribution >= 0.6 is 0 Å². The Bertz CT molecular complexity index is 1210. The number of halogens is 1. The fraction of sp³-hybridized carbons (Fsp3) is 0.192. The van der Waals surface area contributed by atoms with Gasteiger partial charge in [-0.1, -0.05) is 18.2 Å². The standard InChI is InChI=1S/C26H26FN3O5/c1-16(31)28-22(17-7-10-21(34-2)11-8-17)15-25(32)29-20-9-12-24(35-3)23(14-20)30-26(33)18-5-4-6-19(27)13-18/h4-14,22H,15H2,1-3H3,(H,28,31)(H,29,32)(H,30,33). The monoisotopic (exact) mass is 479 g/mol. The van der Waals surface area contributed by atoms with E-state index in [-0.39, 0.29) is 23.8 Å². The predicted molar refractivity (Wildman–Crippen MR) is 130 cm³/mol. The first kappa shape index (κ1) is 25.2. The Morgan fingerprint density at radius 1 is 0.914 bits per heavy atom. The highest BCUT2D eigenvalue weighted by atomic mass is 19.1. The van der Waals surface area contributed by atoms with Crippen molar-refractivity contribution in [2.45, 2.75) is 19.4 Å². The van der Waals surface area contributed by atoms with Gasteiger partial charge in [0.15, 0.2) is 0 Å². The predicted octanol–water partition coefficient (Wildman–Crippen LogP) is 4.30. The number of hydrogen-bond donors (Lipinski definition) is 3. The molecular formula is C26H26FN3O5. The van der Waals surface area contributed by atoms with E-state index < -0.39 is 17.8 Å². The lowest BCUT2D eigenvalue weighted by Crippen LogP contribution is -2.29. The van der Waals surface area contributed by atoms with E-state index in [1.54, 1.807) is 43.5 Å². The van der Waals surface area contributed by atoms with Gasteiger partial charge in [0, 0.05) is 18.2 Å². The van der Waals surface area contributed by atoms with Gasteiger partial charge in [0.1, 0.15) is 17.3 Å². The lowest BCUT2D eigenvalue weighted by atomic mass is 10.0. The number of hydrogen-bond acceptors (Lipinski definition) is 5. The highest BCUT2D eigenvalue weighted by molar-refractivity contribution is 6.05. The highest BCUT2D eigenvalue weighted by Gasteiger charge is 2.18. The zero-order chi connectivity index (χ0) is 25.4. The molecule has 0 fully saturated rings. The second kappa shape index (κ2) is 11.6. The molecule has 0 aromatic heterocycles. The van der Waals surface area contributed by atoms with Gasteiger partial charge >= 0.3 is 0 Å². The number of anilines is 2. The van der Waals surface area contributed by atoms with Crippen molar-refractivity contribution in [3.63, 3.8) is 0 Å². The van der Waals surface area contributed by atoms with Gasteiger partial charge in [-0.15, -0.1) is 0 Å². The summed E-state index contributed by atoms with van der Waals surface area (Å²) in [6, 6.07) is 16.5. The molecule has 0 radical (unpaired) electrons. The van der Waals surface area contributed by atoms with E-state index >= 15 is 0 Å². The largest absolute Gasteiger partial charge is 0.497 e. The number of carbonyl (C=O) groups excluding carboxylic acids is 3. The van der Waals surface area contributed by atoms with Gasteiger partial charge in [-0.2, -0.15) is 0 Å². The molecule has 3 amide bonds. The Balaban J connectivity index is 1.74. The van der Waals surface area contributed by atoms with E-state index in [9.17, 15) is 18.8 Å². The first-order chi connectivity index (χ1) is 16.8. The molecule has 9 heteroatoms. The molecule has 0 spiro atoms. The maximum atomic E-state index is 13.5. The first-order valence-electron chi connectivity index (χ1n) is 10.7. The number of carbonyl (C=O) groups is 3. The molecule has 3 N–H and O–H groups in total. The van der Waals surface area contributed by atoms with Crippen LogP contribution in [0.1, 0.15) is 35.3 Å². The number of nitrogens with one attached hydrogen (secondary N) is 3. The number of rotatable bonds is 9. The van der Waals surface area contributed by atoms with Crippen molar-refractivity contribution in [2.24, 2.45) is 0 Å². The molecule has 8 nitrogen and oxygen atoms in total. The molecule has 3 aromatic rings. The molecule has 0 saturated carbocycles. The van der Waals surface area contributed by atoms with Crippen molar-refractivity contribution in [1.29, 1.82) is 0 Å². The summed E-state index contributed by atoms with van der Waals surface area (Å²) in [5.74, 6) is -0.668. The van der Waals surface area contributed by atoms with Crippen LogP contribution in [0.5, 0.6) is 11.5 Å². The van der Waals surface area contributed by atoms with E-state index in [4.69, 9.17) is 9.47 Å². The Morgan fingerprint density at radius 2 is 1.66 bits per heavy atom.